The molecule has 1 aliphatic rings. The maximum Gasteiger partial charge on any atom is 0.295 e. The number of hydrogen-bond acceptors (Lipinski definition) is 5. The molecule has 0 saturated carbocycles. The molecule has 172 valence electrons. The number of fused-ring (bicyclic) bond motifs is 2. The highest BCUT2D eigenvalue weighted by Crippen LogP contribution is 2.42. The molecule has 1 atom stereocenters. The zero-order chi connectivity index (χ0) is 24.0. The number of hydrogen-bond donors (Lipinski definition) is 0. The van der Waals surface area contributed by atoms with E-state index in [1.807, 2.05) is 81.4 Å². The minimum atomic E-state index is -0.631. The van der Waals surface area contributed by atoms with Crippen LogP contribution in [0.5, 0.6) is 11.5 Å². The summed E-state index contributed by atoms with van der Waals surface area (Å²) in [6, 6.07) is 17.7. The van der Waals surface area contributed by atoms with Gasteiger partial charge in [-0.1, -0.05) is 12.1 Å². The average Bonchev–Trinajstić information content (AvgIpc) is 3.14. The van der Waals surface area contributed by atoms with E-state index in [2.05, 4.69) is 0 Å². The number of amides is 1. The summed E-state index contributed by atoms with van der Waals surface area (Å²) in [5.74, 6) is 1.13. The van der Waals surface area contributed by atoms with E-state index in [9.17, 15) is 9.59 Å². The molecule has 0 aliphatic carbocycles. The standard InChI is InChI=1S/C28H25NO5/c1-5-33-21-12-8-19(9-13-21)29-25(18-6-10-20(32-4)11-7-18)24-26(30)22-14-16(2)17(3)15-23(22)34-27(24)28(29)31/h6-15,25H,5H2,1-4H3. The van der Waals surface area contributed by atoms with Crippen LogP contribution in [0, 0.1) is 13.8 Å². The van der Waals surface area contributed by atoms with E-state index in [4.69, 9.17) is 13.9 Å². The van der Waals surface area contributed by atoms with E-state index in [1.165, 1.54) is 0 Å². The van der Waals surface area contributed by atoms with Crippen molar-refractivity contribution >= 4 is 22.6 Å². The average molecular weight is 456 g/mol. The van der Waals surface area contributed by atoms with Gasteiger partial charge in [-0.25, -0.2) is 0 Å². The van der Waals surface area contributed by atoms with Gasteiger partial charge in [-0.05, 0) is 86.0 Å². The Labute approximate surface area is 197 Å². The molecule has 6 nitrogen and oxygen atoms in total. The fraction of sp³-hybridized carbons (Fsp3) is 0.214. The molecule has 4 aromatic rings. The van der Waals surface area contributed by atoms with E-state index in [0.717, 1.165) is 16.7 Å². The van der Waals surface area contributed by atoms with Gasteiger partial charge in [0.05, 0.1) is 30.7 Å². The van der Waals surface area contributed by atoms with Crippen LogP contribution < -0.4 is 19.8 Å². The van der Waals surface area contributed by atoms with Crippen LogP contribution in [0.1, 0.15) is 45.8 Å². The summed E-state index contributed by atoms with van der Waals surface area (Å²) in [6.07, 6.45) is 0. The molecule has 6 heteroatoms. The van der Waals surface area contributed by atoms with Crippen LogP contribution in [0.15, 0.2) is 69.9 Å². The van der Waals surface area contributed by atoms with Crippen LogP contribution in [-0.2, 0) is 0 Å². The summed E-state index contributed by atoms with van der Waals surface area (Å²) in [5, 5.41) is 0.474. The lowest BCUT2D eigenvalue weighted by Crippen LogP contribution is -2.29. The third kappa shape index (κ3) is 3.43. The Morgan fingerprint density at radius 1 is 0.912 bits per heavy atom. The number of aryl methyl sites for hydroxylation is 2. The van der Waals surface area contributed by atoms with E-state index < -0.39 is 6.04 Å². The summed E-state index contributed by atoms with van der Waals surface area (Å²) < 4.78 is 17.0. The van der Waals surface area contributed by atoms with Gasteiger partial charge in [0.25, 0.3) is 5.91 Å². The predicted molar refractivity (Wildman–Crippen MR) is 131 cm³/mol. The van der Waals surface area contributed by atoms with Crippen molar-refractivity contribution in [2.75, 3.05) is 18.6 Å². The number of methoxy groups -OCH3 is 1. The number of ether oxygens (including phenoxy) is 2. The van der Waals surface area contributed by atoms with Crippen molar-refractivity contribution in [1.29, 1.82) is 0 Å². The Bertz CT molecular complexity index is 1450. The molecular weight excluding hydrogens is 430 g/mol. The molecule has 5 rings (SSSR count). The SMILES string of the molecule is CCOc1ccc(N2C(=O)c3oc4cc(C)c(C)cc4c(=O)c3C2c2ccc(OC)cc2)cc1. The Hall–Kier alpha value is -4.06. The molecule has 3 aromatic carbocycles. The topological polar surface area (TPSA) is 69.0 Å². The van der Waals surface area contributed by atoms with Gasteiger partial charge in [0.15, 0.2) is 5.43 Å². The van der Waals surface area contributed by atoms with Crippen molar-refractivity contribution in [3.05, 3.63) is 98.9 Å². The molecule has 1 unspecified atom stereocenters. The molecule has 2 heterocycles. The smallest absolute Gasteiger partial charge is 0.295 e. The lowest BCUT2D eigenvalue weighted by molar-refractivity contribution is 0.0971. The highest BCUT2D eigenvalue weighted by atomic mass is 16.5. The van der Waals surface area contributed by atoms with Gasteiger partial charge in [0, 0.05) is 5.69 Å². The van der Waals surface area contributed by atoms with Crippen LogP contribution in [0.3, 0.4) is 0 Å². The highest BCUT2D eigenvalue weighted by Gasteiger charge is 2.43. The van der Waals surface area contributed by atoms with Crippen molar-refractivity contribution in [3.63, 3.8) is 0 Å². The Balaban J connectivity index is 1.74. The monoisotopic (exact) mass is 455 g/mol. The van der Waals surface area contributed by atoms with Crippen molar-refractivity contribution < 1.29 is 18.7 Å². The van der Waals surface area contributed by atoms with Crippen LogP contribution in [0.25, 0.3) is 11.0 Å². The minimum absolute atomic E-state index is 0.0791. The summed E-state index contributed by atoms with van der Waals surface area (Å²) in [6.45, 7) is 6.38. The molecule has 1 aliphatic heterocycles. The lowest BCUT2D eigenvalue weighted by atomic mass is 9.97. The van der Waals surface area contributed by atoms with Gasteiger partial charge in [-0.3, -0.25) is 14.5 Å². The van der Waals surface area contributed by atoms with Gasteiger partial charge in [-0.15, -0.1) is 0 Å². The highest BCUT2D eigenvalue weighted by molar-refractivity contribution is 6.10. The molecule has 0 saturated heterocycles. The molecule has 34 heavy (non-hydrogen) atoms. The third-order valence-electron chi connectivity index (χ3n) is 6.34. The Morgan fingerprint density at radius 2 is 1.56 bits per heavy atom. The normalized spacial score (nSPS) is 15.0. The van der Waals surface area contributed by atoms with E-state index >= 15 is 0 Å². The number of anilines is 1. The van der Waals surface area contributed by atoms with Crippen LogP contribution >= 0.6 is 0 Å². The first kappa shape index (κ1) is 21.8. The molecule has 0 bridgehead atoms. The second-order valence-corrected chi connectivity index (χ2v) is 8.38. The molecule has 1 aromatic heterocycles. The van der Waals surface area contributed by atoms with Crippen molar-refractivity contribution in [3.8, 4) is 11.5 Å². The van der Waals surface area contributed by atoms with Crippen LogP contribution in [0.4, 0.5) is 5.69 Å². The molecule has 0 N–H and O–H groups in total. The van der Waals surface area contributed by atoms with E-state index in [1.54, 1.807) is 12.0 Å². The second kappa shape index (κ2) is 8.37. The number of rotatable bonds is 5. The first-order valence-electron chi connectivity index (χ1n) is 11.2. The summed E-state index contributed by atoms with van der Waals surface area (Å²) in [5.41, 5.74) is 4.00. The Morgan fingerprint density at radius 3 is 2.21 bits per heavy atom. The fourth-order valence-corrected chi connectivity index (χ4v) is 4.47. The second-order valence-electron chi connectivity index (χ2n) is 8.38. The van der Waals surface area contributed by atoms with E-state index in [0.29, 0.717) is 40.3 Å². The van der Waals surface area contributed by atoms with Gasteiger partial charge in [-0.2, -0.15) is 0 Å². The first-order valence-corrected chi connectivity index (χ1v) is 11.2. The van der Waals surface area contributed by atoms with Crippen molar-refractivity contribution in [2.45, 2.75) is 26.8 Å². The number of carbonyl (C=O) groups excluding carboxylic acids is 1. The zero-order valence-corrected chi connectivity index (χ0v) is 19.5. The van der Waals surface area contributed by atoms with Crippen LogP contribution in [0.2, 0.25) is 0 Å². The van der Waals surface area contributed by atoms with Crippen molar-refractivity contribution in [1.82, 2.24) is 0 Å². The minimum Gasteiger partial charge on any atom is -0.497 e. The van der Waals surface area contributed by atoms with Gasteiger partial charge >= 0.3 is 0 Å². The largest absolute Gasteiger partial charge is 0.497 e. The van der Waals surface area contributed by atoms with Gasteiger partial charge < -0.3 is 13.9 Å². The first-order chi connectivity index (χ1) is 16.4. The molecule has 0 fully saturated rings. The van der Waals surface area contributed by atoms with Gasteiger partial charge in [0.1, 0.15) is 17.1 Å². The third-order valence-corrected chi connectivity index (χ3v) is 6.34. The van der Waals surface area contributed by atoms with Crippen LogP contribution in [-0.4, -0.2) is 19.6 Å². The van der Waals surface area contributed by atoms with E-state index in [-0.39, 0.29) is 17.1 Å². The van der Waals surface area contributed by atoms with Crippen molar-refractivity contribution in [2.24, 2.45) is 0 Å². The fourth-order valence-electron chi connectivity index (χ4n) is 4.47. The number of nitrogens with zero attached hydrogens (tertiary/aromatic N) is 1. The number of benzene rings is 3. The summed E-state index contributed by atoms with van der Waals surface area (Å²) in [4.78, 5) is 29.1. The number of carbonyl (C=O) groups is 1. The maximum atomic E-state index is 13.8. The molecule has 0 radical (unpaired) electrons. The lowest BCUT2D eigenvalue weighted by Gasteiger charge is -2.25. The predicted octanol–water partition coefficient (Wildman–Crippen LogP) is 5.57. The van der Waals surface area contributed by atoms with Gasteiger partial charge in [0.2, 0.25) is 5.76 Å². The zero-order valence-electron chi connectivity index (χ0n) is 19.5. The summed E-state index contributed by atoms with van der Waals surface area (Å²) >= 11 is 0. The Kier molecular flexibility index (Phi) is 5.36. The molecular formula is C28H25NO5. The summed E-state index contributed by atoms with van der Waals surface area (Å²) in [7, 11) is 1.60. The maximum absolute atomic E-state index is 13.8. The quantitative estimate of drug-likeness (QED) is 0.394. The molecule has 0 spiro atoms. The molecule has 1 amide bonds.